The summed E-state index contributed by atoms with van der Waals surface area (Å²) in [6.07, 6.45) is 2.10. The minimum Gasteiger partial charge on any atom is -0.316 e. The quantitative estimate of drug-likeness (QED) is 0.802. The lowest BCUT2D eigenvalue weighted by molar-refractivity contribution is 0.566. The number of hydrogen-bond acceptors (Lipinski definition) is 3. The predicted molar refractivity (Wildman–Crippen MR) is 63.6 cm³/mol. The highest BCUT2D eigenvalue weighted by Gasteiger charge is 2.16. The molecule has 1 aliphatic heterocycles. The fourth-order valence-corrected chi connectivity index (χ4v) is 2.09. The van der Waals surface area contributed by atoms with Gasteiger partial charge in [0.15, 0.2) is 0 Å². The maximum Gasteiger partial charge on any atom is 0.251 e. The Balaban J connectivity index is 2.16. The van der Waals surface area contributed by atoms with Gasteiger partial charge >= 0.3 is 0 Å². The van der Waals surface area contributed by atoms with E-state index in [0.29, 0.717) is 5.92 Å². The fraction of sp³-hybridized carbons (Fsp3) is 0.667. The largest absolute Gasteiger partial charge is 0.316 e. The number of aromatic amines is 1. The van der Waals surface area contributed by atoms with Gasteiger partial charge in [-0.05, 0) is 31.8 Å². The van der Waals surface area contributed by atoms with Gasteiger partial charge in [0.2, 0.25) is 0 Å². The zero-order valence-corrected chi connectivity index (χ0v) is 9.92. The number of hydrogen-bond donors (Lipinski definition) is 2. The Kier molecular flexibility index (Phi) is 3.39. The van der Waals surface area contributed by atoms with Gasteiger partial charge < -0.3 is 10.3 Å². The van der Waals surface area contributed by atoms with Gasteiger partial charge in [-0.2, -0.15) is 0 Å². The Hall–Kier alpha value is -1.16. The van der Waals surface area contributed by atoms with E-state index in [1.54, 1.807) is 6.07 Å². The van der Waals surface area contributed by atoms with Crippen LogP contribution in [0.4, 0.5) is 0 Å². The molecular weight excluding hydrogens is 202 g/mol. The number of aromatic nitrogens is 2. The van der Waals surface area contributed by atoms with Crippen LogP contribution in [0, 0.1) is 5.92 Å². The lowest BCUT2D eigenvalue weighted by atomic mass is 10.0. The van der Waals surface area contributed by atoms with E-state index in [1.165, 1.54) is 6.42 Å². The van der Waals surface area contributed by atoms with Crippen LogP contribution in [0.2, 0.25) is 0 Å². The molecule has 2 heterocycles. The Morgan fingerprint density at radius 1 is 1.56 bits per heavy atom. The van der Waals surface area contributed by atoms with Crippen molar-refractivity contribution in [2.45, 2.75) is 32.6 Å². The Labute approximate surface area is 95.5 Å². The van der Waals surface area contributed by atoms with Crippen LogP contribution in [0.25, 0.3) is 0 Å². The molecular formula is C12H19N3O. The molecule has 1 saturated heterocycles. The van der Waals surface area contributed by atoms with Crippen molar-refractivity contribution in [3.63, 3.8) is 0 Å². The summed E-state index contributed by atoms with van der Waals surface area (Å²) in [6, 6.07) is 1.63. The average molecular weight is 221 g/mol. The molecule has 1 aliphatic rings. The molecule has 0 aromatic carbocycles. The van der Waals surface area contributed by atoms with Gasteiger partial charge in [0.1, 0.15) is 5.82 Å². The molecule has 1 unspecified atom stereocenters. The summed E-state index contributed by atoms with van der Waals surface area (Å²) in [5, 5.41) is 3.33. The molecule has 4 heteroatoms. The second-order valence-electron chi connectivity index (χ2n) is 4.84. The van der Waals surface area contributed by atoms with E-state index in [9.17, 15) is 4.79 Å². The summed E-state index contributed by atoms with van der Waals surface area (Å²) in [6.45, 7) is 6.22. The summed E-state index contributed by atoms with van der Waals surface area (Å²) in [4.78, 5) is 18.8. The lowest BCUT2D eigenvalue weighted by Crippen LogP contribution is -2.17. The molecule has 1 aromatic rings. The molecule has 0 radical (unpaired) electrons. The van der Waals surface area contributed by atoms with Gasteiger partial charge in [-0.1, -0.05) is 13.8 Å². The number of rotatable bonds is 3. The summed E-state index contributed by atoms with van der Waals surface area (Å²) in [5.41, 5.74) is 0.904. The third-order valence-corrected chi connectivity index (χ3v) is 3.02. The summed E-state index contributed by atoms with van der Waals surface area (Å²) in [5.74, 6) is 1.71. The van der Waals surface area contributed by atoms with Crippen LogP contribution in [-0.4, -0.2) is 23.1 Å². The first-order valence-electron chi connectivity index (χ1n) is 5.96. The van der Waals surface area contributed by atoms with Gasteiger partial charge in [0, 0.05) is 17.7 Å². The molecule has 0 spiro atoms. The van der Waals surface area contributed by atoms with Crippen LogP contribution in [0.1, 0.15) is 37.7 Å². The second kappa shape index (κ2) is 4.78. The molecule has 4 nitrogen and oxygen atoms in total. The Morgan fingerprint density at radius 3 is 3.00 bits per heavy atom. The predicted octanol–water partition coefficient (Wildman–Crippen LogP) is 1.05. The SMILES string of the molecule is CC(C)c1nc(CC2CCNC2)cc(=O)[nH]1. The van der Waals surface area contributed by atoms with Crippen LogP contribution in [0.15, 0.2) is 10.9 Å². The van der Waals surface area contributed by atoms with E-state index >= 15 is 0 Å². The molecule has 1 atom stereocenters. The van der Waals surface area contributed by atoms with Crippen LogP contribution in [0.3, 0.4) is 0 Å². The summed E-state index contributed by atoms with van der Waals surface area (Å²) in [7, 11) is 0. The molecule has 0 bridgehead atoms. The van der Waals surface area contributed by atoms with E-state index in [0.717, 1.165) is 31.0 Å². The molecule has 0 amide bonds. The van der Waals surface area contributed by atoms with Crippen LogP contribution in [0.5, 0.6) is 0 Å². The topological polar surface area (TPSA) is 57.8 Å². The fourth-order valence-electron chi connectivity index (χ4n) is 2.09. The molecule has 0 saturated carbocycles. The van der Waals surface area contributed by atoms with Crippen LogP contribution in [-0.2, 0) is 6.42 Å². The van der Waals surface area contributed by atoms with Crippen LogP contribution >= 0.6 is 0 Å². The molecule has 1 fully saturated rings. The van der Waals surface area contributed by atoms with Gasteiger partial charge in [-0.3, -0.25) is 4.79 Å². The smallest absolute Gasteiger partial charge is 0.251 e. The van der Waals surface area contributed by atoms with E-state index < -0.39 is 0 Å². The van der Waals surface area contributed by atoms with E-state index in [4.69, 9.17) is 0 Å². The van der Waals surface area contributed by atoms with Crippen molar-refractivity contribution >= 4 is 0 Å². The maximum absolute atomic E-state index is 11.5. The zero-order chi connectivity index (χ0) is 11.5. The highest BCUT2D eigenvalue weighted by atomic mass is 16.1. The van der Waals surface area contributed by atoms with Crippen molar-refractivity contribution in [1.29, 1.82) is 0 Å². The average Bonchev–Trinajstić information content (AvgIpc) is 2.69. The Bertz CT molecular complexity index is 405. The van der Waals surface area contributed by atoms with Crippen molar-refractivity contribution in [3.05, 3.63) is 27.9 Å². The third kappa shape index (κ3) is 2.70. The molecule has 2 N–H and O–H groups in total. The number of H-pyrrole nitrogens is 1. The van der Waals surface area contributed by atoms with Crippen molar-refractivity contribution in [2.75, 3.05) is 13.1 Å². The van der Waals surface area contributed by atoms with E-state index in [1.807, 2.05) is 13.8 Å². The molecule has 0 aliphatic carbocycles. The molecule has 16 heavy (non-hydrogen) atoms. The highest BCUT2D eigenvalue weighted by molar-refractivity contribution is 5.06. The summed E-state index contributed by atoms with van der Waals surface area (Å²) < 4.78 is 0. The van der Waals surface area contributed by atoms with Crippen molar-refractivity contribution in [1.82, 2.24) is 15.3 Å². The minimum atomic E-state index is -0.0281. The zero-order valence-electron chi connectivity index (χ0n) is 9.92. The standard InChI is InChI=1S/C12H19N3O/c1-8(2)12-14-10(6-11(16)15-12)5-9-3-4-13-7-9/h6,8-9,13H,3-5,7H2,1-2H3,(H,14,15,16). The molecule has 88 valence electrons. The monoisotopic (exact) mass is 221 g/mol. The summed E-state index contributed by atoms with van der Waals surface area (Å²) >= 11 is 0. The van der Waals surface area contributed by atoms with E-state index in [-0.39, 0.29) is 11.5 Å². The van der Waals surface area contributed by atoms with E-state index in [2.05, 4.69) is 15.3 Å². The van der Waals surface area contributed by atoms with Gasteiger partial charge in [-0.15, -0.1) is 0 Å². The molecule has 2 rings (SSSR count). The van der Waals surface area contributed by atoms with Gasteiger partial charge in [0.25, 0.3) is 5.56 Å². The van der Waals surface area contributed by atoms with Crippen molar-refractivity contribution in [2.24, 2.45) is 5.92 Å². The Morgan fingerprint density at radius 2 is 2.38 bits per heavy atom. The lowest BCUT2D eigenvalue weighted by Gasteiger charge is -2.10. The maximum atomic E-state index is 11.5. The second-order valence-corrected chi connectivity index (χ2v) is 4.84. The first-order valence-corrected chi connectivity index (χ1v) is 5.96. The first-order chi connectivity index (χ1) is 7.65. The molecule has 1 aromatic heterocycles. The third-order valence-electron chi connectivity index (χ3n) is 3.02. The number of nitrogens with zero attached hydrogens (tertiary/aromatic N) is 1. The number of nitrogens with one attached hydrogen (secondary N) is 2. The van der Waals surface area contributed by atoms with Gasteiger partial charge in [-0.25, -0.2) is 4.98 Å². The van der Waals surface area contributed by atoms with Crippen LogP contribution < -0.4 is 10.9 Å². The van der Waals surface area contributed by atoms with Gasteiger partial charge in [0.05, 0.1) is 0 Å². The first kappa shape index (κ1) is 11.3. The minimum absolute atomic E-state index is 0.0281. The highest BCUT2D eigenvalue weighted by Crippen LogP contribution is 2.14. The van der Waals surface area contributed by atoms with Crippen molar-refractivity contribution in [3.8, 4) is 0 Å². The van der Waals surface area contributed by atoms with Crippen molar-refractivity contribution < 1.29 is 0 Å². The normalized spacial score (nSPS) is 20.6.